The molecule has 152 valence electrons. The molecule has 0 radical (unpaired) electrons. The number of thiophene rings is 1. The number of methoxy groups -OCH3 is 1. The van der Waals surface area contributed by atoms with Crippen molar-refractivity contribution in [3.05, 3.63) is 84.4 Å². The number of benzene rings is 2. The quantitative estimate of drug-likeness (QED) is 0.361. The molecule has 0 aliphatic carbocycles. The molecule has 2 aliphatic heterocycles. The van der Waals surface area contributed by atoms with E-state index in [0.717, 1.165) is 38.0 Å². The van der Waals surface area contributed by atoms with E-state index in [-0.39, 0.29) is 12.0 Å². The van der Waals surface area contributed by atoms with Gasteiger partial charge in [-0.1, -0.05) is 34.1 Å². The highest BCUT2D eigenvalue weighted by molar-refractivity contribution is 9.11. The lowest BCUT2D eigenvalue weighted by atomic mass is 9.97. The number of hydrogen-bond acceptors (Lipinski definition) is 6. The Morgan fingerprint density at radius 1 is 1.23 bits per heavy atom. The van der Waals surface area contributed by atoms with Crippen LogP contribution in [0.15, 0.2) is 68.0 Å². The number of nitrogens with zero attached hydrogens (tertiary/aromatic N) is 2. The fraction of sp³-hybridized carbons (Fsp3) is 0.182. The lowest BCUT2D eigenvalue weighted by Crippen LogP contribution is -2.34. The minimum atomic E-state index is -0.399. The van der Waals surface area contributed by atoms with Gasteiger partial charge in [-0.15, -0.1) is 11.3 Å². The minimum absolute atomic E-state index is 0.0601. The number of carbonyl (C=O) groups is 1. The van der Waals surface area contributed by atoms with Gasteiger partial charge in [-0.25, -0.2) is 9.80 Å². The van der Waals surface area contributed by atoms with Crippen molar-refractivity contribution in [3.63, 3.8) is 0 Å². The predicted molar refractivity (Wildman–Crippen MR) is 123 cm³/mol. The average Bonchev–Trinajstić information content (AvgIpc) is 3.43. The van der Waals surface area contributed by atoms with E-state index in [9.17, 15) is 4.79 Å². The van der Waals surface area contributed by atoms with E-state index < -0.39 is 6.23 Å². The molecule has 2 unspecified atom stereocenters. The summed E-state index contributed by atoms with van der Waals surface area (Å²) in [6.07, 6.45) is 0.403. The van der Waals surface area contributed by atoms with Crippen LogP contribution < -0.4 is 4.74 Å². The van der Waals surface area contributed by atoms with E-state index in [0.29, 0.717) is 5.56 Å². The number of esters is 1. The van der Waals surface area contributed by atoms with Crippen LogP contribution in [0.5, 0.6) is 5.75 Å². The Morgan fingerprint density at radius 3 is 2.73 bits per heavy atom. The summed E-state index contributed by atoms with van der Waals surface area (Å²) in [6.45, 7) is 0. The van der Waals surface area contributed by atoms with Gasteiger partial charge in [0.05, 0.1) is 33.8 Å². The molecule has 5 nitrogen and oxygen atoms in total. The number of ether oxygens (including phenoxy) is 2. The molecule has 2 atom stereocenters. The Bertz CT molecular complexity index is 1150. The van der Waals surface area contributed by atoms with Gasteiger partial charge in [-0.2, -0.15) is 5.10 Å². The second-order valence-corrected chi connectivity index (χ2v) is 9.73. The first-order valence-electron chi connectivity index (χ1n) is 9.28. The lowest BCUT2D eigenvalue weighted by Gasteiger charge is -2.38. The normalized spacial score (nSPS) is 19.6. The summed E-state index contributed by atoms with van der Waals surface area (Å²) < 4.78 is 13.1. The van der Waals surface area contributed by atoms with E-state index in [1.165, 1.54) is 12.0 Å². The van der Waals surface area contributed by atoms with Gasteiger partial charge >= 0.3 is 5.97 Å². The van der Waals surface area contributed by atoms with E-state index in [1.54, 1.807) is 23.5 Å². The monoisotopic (exact) mass is 546 g/mol. The molecule has 2 aromatic carbocycles. The van der Waals surface area contributed by atoms with Crippen LogP contribution in [-0.2, 0) is 4.74 Å². The van der Waals surface area contributed by atoms with Crippen molar-refractivity contribution in [2.75, 3.05) is 7.11 Å². The Labute approximate surface area is 194 Å². The predicted octanol–water partition coefficient (Wildman–Crippen LogP) is 6.30. The number of hydrazone groups is 1. The molecule has 0 bridgehead atoms. The van der Waals surface area contributed by atoms with Crippen molar-refractivity contribution in [1.29, 1.82) is 0 Å². The van der Waals surface area contributed by atoms with Crippen LogP contribution in [-0.4, -0.2) is 23.8 Å². The summed E-state index contributed by atoms with van der Waals surface area (Å²) in [5, 5.41) is 9.05. The molecule has 0 saturated heterocycles. The van der Waals surface area contributed by atoms with Gasteiger partial charge < -0.3 is 9.47 Å². The van der Waals surface area contributed by atoms with Crippen molar-refractivity contribution in [2.45, 2.75) is 18.7 Å². The molecule has 0 N–H and O–H groups in total. The summed E-state index contributed by atoms with van der Waals surface area (Å²) in [4.78, 5) is 13.0. The van der Waals surface area contributed by atoms with Crippen LogP contribution in [0.1, 0.15) is 45.1 Å². The van der Waals surface area contributed by atoms with Gasteiger partial charge in [-0.3, -0.25) is 0 Å². The van der Waals surface area contributed by atoms with Gasteiger partial charge in [0.1, 0.15) is 5.75 Å². The third kappa shape index (κ3) is 3.36. The van der Waals surface area contributed by atoms with Gasteiger partial charge in [0.15, 0.2) is 0 Å². The number of halogens is 2. The van der Waals surface area contributed by atoms with Crippen LogP contribution in [0.3, 0.4) is 0 Å². The van der Waals surface area contributed by atoms with Gasteiger partial charge in [-0.05, 0) is 51.6 Å². The zero-order valence-corrected chi connectivity index (χ0v) is 19.8. The fourth-order valence-electron chi connectivity index (χ4n) is 3.83. The van der Waals surface area contributed by atoms with Gasteiger partial charge in [0.25, 0.3) is 0 Å². The molecule has 5 rings (SSSR count). The third-order valence-corrected chi connectivity index (χ3v) is 7.20. The largest absolute Gasteiger partial charge is 0.465 e. The smallest absolute Gasteiger partial charge is 0.337 e. The summed E-state index contributed by atoms with van der Waals surface area (Å²) in [5.41, 5.74) is 3.57. The number of rotatable bonds is 3. The molecular weight excluding hydrogens is 532 g/mol. The van der Waals surface area contributed by atoms with Crippen LogP contribution >= 0.6 is 43.2 Å². The number of fused-ring (bicyclic) bond motifs is 3. The number of carbonyl (C=O) groups excluding carboxylic acids is 1. The minimum Gasteiger partial charge on any atom is -0.465 e. The van der Waals surface area contributed by atoms with Crippen LogP contribution in [0.25, 0.3) is 0 Å². The molecular formula is C22H16Br2N2O3S. The summed E-state index contributed by atoms with van der Waals surface area (Å²) in [7, 11) is 1.38. The van der Waals surface area contributed by atoms with Crippen LogP contribution in [0.2, 0.25) is 0 Å². The van der Waals surface area contributed by atoms with E-state index in [4.69, 9.17) is 14.6 Å². The molecule has 1 aromatic heterocycles. The SMILES string of the molecule is COC(=O)c1ccc(C2Oc3c(Br)cc(Br)cc3C3CC(c4cccs4)=NN32)cc1. The van der Waals surface area contributed by atoms with E-state index in [1.807, 2.05) is 29.3 Å². The van der Waals surface area contributed by atoms with Crippen molar-refractivity contribution >= 4 is 54.9 Å². The molecule has 3 heterocycles. The maximum Gasteiger partial charge on any atom is 0.337 e. The summed E-state index contributed by atoms with van der Waals surface area (Å²) in [6, 6.07) is 15.6. The number of hydrogen-bond donors (Lipinski definition) is 0. The van der Waals surface area contributed by atoms with Crippen molar-refractivity contribution in [2.24, 2.45) is 5.10 Å². The van der Waals surface area contributed by atoms with E-state index in [2.05, 4.69) is 49.4 Å². The highest BCUT2D eigenvalue weighted by Crippen LogP contribution is 2.51. The summed E-state index contributed by atoms with van der Waals surface area (Å²) >= 11 is 8.94. The summed E-state index contributed by atoms with van der Waals surface area (Å²) in [5.74, 6) is 0.463. The second-order valence-electron chi connectivity index (χ2n) is 7.01. The standard InChI is InChI=1S/C22H16Br2N2O3S/c1-28-22(27)13-6-4-12(5-7-13)21-26-18(11-17(25-26)19-3-2-8-30-19)15-9-14(23)10-16(24)20(15)29-21/h2-10,18,21H,11H2,1H3. The van der Waals surface area contributed by atoms with Crippen LogP contribution in [0.4, 0.5) is 0 Å². The molecule has 2 aliphatic rings. The highest BCUT2D eigenvalue weighted by Gasteiger charge is 2.42. The zero-order chi connectivity index (χ0) is 20.8. The Morgan fingerprint density at radius 2 is 2.03 bits per heavy atom. The molecule has 3 aromatic rings. The molecule has 0 saturated carbocycles. The second kappa shape index (κ2) is 7.83. The van der Waals surface area contributed by atoms with Crippen LogP contribution in [0, 0.1) is 0 Å². The molecule has 30 heavy (non-hydrogen) atoms. The first-order valence-corrected chi connectivity index (χ1v) is 11.8. The Hall–Kier alpha value is -2.16. The highest BCUT2D eigenvalue weighted by atomic mass is 79.9. The Balaban J connectivity index is 1.59. The van der Waals surface area contributed by atoms with Crippen molar-refractivity contribution in [1.82, 2.24) is 5.01 Å². The molecule has 0 amide bonds. The van der Waals surface area contributed by atoms with Gasteiger partial charge in [0.2, 0.25) is 6.23 Å². The average molecular weight is 548 g/mol. The molecule has 0 spiro atoms. The Kier molecular flexibility index (Phi) is 5.16. The lowest BCUT2D eigenvalue weighted by molar-refractivity contribution is -0.0197. The topological polar surface area (TPSA) is 51.1 Å². The first kappa shape index (κ1) is 19.8. The maximum absolute atomic E-state index is 11.8. The zero-order valence-electron chi connectivity index (χ0n) is 15.8. The first-order chi connectivity index (χ1) is 14.5. The van der Waals surface area contributed by atoms with E-state index >= 15 is 0 Å². The molecule has 0 fully saturated rings. The molecule has 8 heteroatoms. The fourth-order valence-corrected chi connectivity index (χ4v) is 5.90. The third-order valence-electron chi connectivity index (χ3n) is 5.23. The van der Waals surface area contributed by atoms with Crippen molar-refractivity contribution in [3.8, 4) is 5.75 Å². The maximum atomic E-state index is 11.8. The van der Waals surface area contributed by atoms with Crippen molar-refractivity contribution < 1.29 is 14.3 Å². The van der Waals surface area contributed by atoms with Gasteiger partial charge in [0, 0.05) is 22.0 Å².